The predicted octanol–water partition coefficient (Wildman–Crippen LogP) is 4.40. The Hall–Kier alpha value is -1.64. The summed E-state index contributed by atoms with van der Waals surface area (Å²) in [5, 5.41) is 2.12. The number of nitrogens with zero attached hydrogens (tertiary/aromatic N) is 2. The van der Waals surface area contributed by atoms with Crippen LogP contribution in [0.2, 0.25) is 10.0 Å². The molecule has 0 aliphatic heterocycles. The van der Waals surface area contributed by atoms with Crippen molar-refractivity contribution >= 4 is 34.1 Å². The molecule has 1 heterocycles. The lowest BCUT2D eigenvalue weighted by atomic mass is 10.1. The third kappa shape index (κ3) is 1.94. The summed E-state index contributed by atoms with van der Waals surface area (Å²) in [6.45, 7) is 0. The molecule has 4 heteroatoms. The van der Waals surface area contributed by atoms with Gasteiger partial charge in [-0.05, 0) is 24.3 Å². The molecule has 0 spiro atoms. The maximum atomic E-state index is 6.21. The number of hydrogen-bond donors (Lipinski definition) is 0. The van der Waals surface area contributed by atoms with Crippen molar-refractivity contribution in [2.75, 3.05) is 0 Å². The van der Waals surface area contributed by atoms with Gasteiger partial charge in [0.2, 0.25) is 0 Å². The zero-order valence-corrected chi connectivity index (χ0v) is 10.7. The van der Waals surface area contributed by atoms with E-state index in [1.807, 2.05) is 30.3 Å². The Balaban J connectivity index is 2.31. The minimum absolute atomic E-state index is 0.569. The summed E-state index contributed by atoms with van der Waals surface area (Å²) >= 11 is 12.1. The lowest BCUT2D eigenvalue weighted by molar-refractivity contribution is 1.20. The van der Waals surface area contributed by atoms with Crippen molar-refractivity contribution in [1.82, 2.24) is 9.97 Å². The maximum Gasteiger partial charge on any atom is 0.198 e. The largest absolute Gasteiger partial charge is 0.225 e. The van der Waals surface area contributed by atoms with E-state index in [0.717, 1.165) is 22.2 Å². The molecule has 0 bridgehead atoms. The van der Waals surface area contributed by atoms with Gasteiger partial charge in [0.1, 0.15) is 0 Å². The molecule has 0 N–H and O–H groups in total. The van der Waals surface area contributed by atoms with Gasteiger partial charge >= 0.3 is 0 Å². The van der Waals surface area contributed by atoms with Crippen molar-refractivity contribution in [2.24, 2.45) is 0 Å². The Labute approximate surface area is 114 Å². The molecular formula is C14H7Cl2N2. The normalized spacial score (nSPS) is 10.8. The fourth-order valence-electron chi connectivity index (χ4n) is 1.85. The first-order chi connectivity index (χ1) is 8.75. The highest BCUT2D eigenvalue weighted by atomic mass is 35.5. The van der Waals surface area contributed by atoms with Crippen LogP contribution in [0.1, 0.15) is 0 Å². The van der Waals surface area contributed by atoms with Gasteiger partial charge < -0.3 is 0 Å². The van der Waals surface area contributed by atoms with Crippen molar-refractivity contribution in [2.45, 2.75) is 0 Å². The van der Waals surface area contributed by atoms with E-state index in [1.165, 1.54) is 0 Å². The molecule has 87 valence electrons. The van der Waals surface area contributed by atoms with Crippen molar-refractivity contribution in [3.05, 3.63) is 58.8 Å². The third-order valence-corrected chi connectivity index (χ3v) is 3.23. The first-order valence-electron chi connectivity index (χ1n) is 5.34. The lowest BCUT2D eigenvalue weighted by Crippen LogP contribution is -1.89. The summed E-state index contributed by atoms with van der Waals surface area (Å²) in [6, 6.07) is 13.1. The molecule has 0 saturated heterocycles. The molecule has 18 heavy (non-hydrogen) atoms. The van der Waals surface area contributed by atoms with E-state index in [0.29, 0.717) is 10.0 Å². The monoisotopic (exact) mass is 273 g/mol. The Morgan fingerprint density at radius 2 is 1.78 bits per heavy atom. The van der Waals surface area contributed by atoms with Crippen LogP contribution < -0.4 is 0 Å². The SMILES string of the molecule is Clc1ccc(-c2n[c]nc3ccccc23)c(Cl)c1. The number of hydrogen-bond acceptors (Lipinski definition) is 2. The van der Waals surface area contributed by atoms with Gasteiger partial charge in [-0.3, -0.25) is 0 Å². The van der Waals surface area contributed by atoms with E-state index < -0.39 is 0 Å². The van der Waals surface area contributed by atoms with Gasteiger partial charge in [0.15, 0.2) is 6.33 Å². The molecule has 0 aliphatic rings. The lowest BCUT2D eigenvalue weighted by Gasteiger charge is -2.06. The summed E-state index contributed by atoms with van der Waals surface area (Å²) < 4.78 is 0. The molecule has 3 aromatic rings. The van der Waals surface area contributed by atoms with Crippen molar-refractivity contribution in [3.8, 4) is 11.3 Å². The topological polar surface area (TPSA) is 25.8 Å². The molecule has 0 saturated carbocycles. The quantitative estimate of drug-likeness (QED) is 0.657. The Bertz CT molecular complexity index is 721. The molecule has 0 unspecified atom stereocenters. The van der Waals surface area contributed by atoms with E-state index in [4.69, 9.17) is 23.2 Å². The van der Waals surface area contributed by atoms with Gasteiger partial charge in [-0.1, -0.05) is 41.4 Å². The van der Waals surface area contributed by atoms with Crippen molar-refractivity contribution in [1.29, 1.82) is 0 Å². The fourth-order valence-corrected chi connectivity index (χ4v) is 2.35. The summed E-state index contributed by atoms with van der Waals surface area (Å²) in [6.07, 6.45) is 2.65. The van der Waals surface area contributed by atoms with Gasteiger partial charge in [-0.25, -0.2) is 9.97 Å². The van der Waals surface area contributed by atoms with E-state index in [9.17, 15) is 0 Å². The van der Waals surface area contributed by atoms with Crippen LogP contribution in [-0.2, 0) is 0 Å². The standard InChI is InChI=1S/C14H7Cl2N2/c15-9-5-6-10(12(16)7-9)14-11-3-1-2-4-13(11)17-8-18-14/h1-7H. The molecular weight excluding hydrogens is 267 g/mol. The number of para-hydroxylation sites is 1. The predicted molar refractivity (Wildman–Crippen MR) is 73.8 cm³/mol. The molecule has 1 radical (unpaired) electrons. The number of benzene rings is 2. The average Bonchev–Trinajstić information content (AvgIpc) is 2.38. The second-order valence-electron chi connectivity index (χ2n) is 3.81. The first kappa shape index (κ1) is 11.5. The molecule has 0 atom stereocenters. The second kappa shape index (κ2) is 4.56. The van der Waals surface area contributed by atoms with Gasteiger partial charge in [0, 0.05) is 16.0 Å². The maximum absolute atomic E-state index is 6.21. The minimum atomic E-state index is 0.569. The molecule has 0 aliphatic carbocycles. The number of fused-ring (bicyclic) bond motifs is 1. The molecule has 0 fully saturated rings. The van der Waals surface area contributed by atoms with Crippen LogP contribution in [0.5, 0.6) is 0 Å². The minimum Gasteiger partial charge on any atom is -0.225 e. The van der Waals surface area contributed by atoms with E-state index in [2.05, 4.69) is 16.3 Å². The van der Waals surface area contributed by atoms with Crippen molar-refractivity contribution in [3.63, 3.8) is 0 Å². The molecule has 2 aromatic carbocycles. The molecule has 3 rings (SSSR count). The molecule has 2 nitrogen and oxygen atoms in total. The Morgan fingerprint density at radius 3 is 2.61 bits per heavy atom. The van der Waals surface area contributed by atoms with Gasteiger partial charge in [0.05, 0.1) is 16.2 Å². The number of rotatable bonds is 1. The zero-order valence-electron chi connectivity index (χ0n) is 9.19. The van der Waals surface area contributed by atoms with Crippen LogP contribution in [0, 0.1) is 6.33 Å². The first-order valence-corrected chi connectivity index (χ1v) is 6.09. The van der Waals surface area contributed by atoms with E-state index in [1.54, 1.807) is 12.1 Å². The third-order valence-electron chi connectivity index (χ3n) is 2.68. The number of aromatic nitrogens is 2. The van der Waals surface area contributed by atoms with Crippen molar-refractivity contribution < 1.29 is 0 Å². The van der Waals surface area contributed by atoms with Crippen LogP contribution in [0.3, 0.4) is 0 Å². The van der Waals surface area contributed by atoms with E-state index >= 15 is 0 Å². The fraction of sp³-hybridized carbons (Fsp3) is 0. The number of halogens is 2. The highest BCUT2D eigenvalue weighted by molar-refractivity contribution is 6.36. The van der Waals surface area contributed by atoms with Gasteiger partial charge in [-0.15, -0.1) is 0 Å². The van der Waals surface area contributed by atoms with Crippen LogP contribution in [-0.4, -0.2) is 9.97 Å². The summed E-state index contributed by atoms with van der Waals surface area (Å²) in [4.78, 5) is 8.31. The van der Waals surface area contributed by atoms with E-state index in [-0.39, 0.29) is 0 Å². The van der Waals surface area contributed by atoms with Crippen LogP contribution in [0.15, 0.2) is 42.5 Å². The van der Waals surface area contributed by atoms with Crippen LogP contribution in [0.25, 0.3) is 22.2 Å². The highest BCUT2D eigenvalue weighted by Gasteiger charge is 2.09. The Kier molecular flexibility index (Phi) is 2.90. The average molecular weight is 274 g/mol. The molecule has 1 aromatic heterocycles. The summed E-state index contributed by atoms with van der Waals surface area (Å²) in [5.41, 5.74) is 2.44. The van der Waals surface area contributed by atoms with Crippen LogP contribution >= 0.6 is 23.2 Å². The summed E-state index contributed by atoms with van der Waals surface area (Å²) in [7, 11) is 0. The smallest absolute Gasteiger partial charge is 0.198 e. The second-order valence-corrected chi connectivity index (χ2v) is 4.66. The van der Waals surface area contributed by atoms with Crippen LogP contribution in [0.4, 0.5) is 0 Å². The molecule has 0 amide bonds. The Morgan fingerprint density at radius 1 is 0.944 bits per heavy atom. The summed E-state index contributed by atoms with van der Waals surface area (Å²) in [5.74, 6) is 0. The van der Waals surface area contributed by atoms with Gasteiger partial charge in [-0.2, -0.15) is 0 Å². The zero-order chi connectivity index (χ0) is 12.5. The van der Waals surface area contributed by atoms with Gasteiger partial charge in [0.25, 0.3) is 0 Å². The highest BCUT2D eigenvalue weighted by Crippen LogP contribution is 2.32.